The van der Waals surface area contributed by atoms with E-state index in [4.69, 9.17) is 19.2 Å². The molecule has 1 saturated carbocycles. The van der Waals surface area contributed by atoms with E-state index in [0.29, 0.717) is 25.6 Å². The van der Waals surface area contributed by atoms with Gasteiger partial charge in [-0.15, -0.1) is 0 Å². The third-order valence-electron chi connectivity index (χ3n) is 6.91. The van der Waals surface area contributed by atoms with Crippen molar-refractivity contribution in [3.05, 3.63) is 52.3 Å². The van der Waals surface area contributed by atoms with Crippen molar-refractivity contribution in [2.75, 3.05) is 25.1 Å². The SMILES string of the molecule is CC(C)Oc1nc2nc(C34COC(C)(C3)C4)cn2cc1C(=O)Nc1cccn(C2COC2)c1=O. The van der Waals surface area contributed by atoms with E-state index in [1.165, 1.54) is 0 Å². The molecule has 1 N–H and O–H groups in total. The normalized spacial score (nSPS) is 25.9. The number of carbonyl (C=O) groups excluding carboxylic acids is 1. The van der Waals surface area contributed by atoms with Crippen LogP contribution in [0.15, 0.2) is 35.5 Å². The zero-order chi connectivity index (χ0) is 23.7. The first-order valence-electron chi connectivity index (χ1n) is 11.6. The molecule has 0 spiro atoms. The number of pyridine rings is 1. The van der Waals surface area contributed by atoms with Gasteiger partial charge >= 0.3 is 0 Å². The Bertz CT molecular complexity index is 1350. The maximum atomic E-state index is 13.3. The summed E-state index contributed by atoms with van der Waals surface area (Å²) in [6.45, 7) is 7.47. The number of fused-ring (bicyclic) bond motifs is 2. The van der Waals surface area contributed by atoms with Gasteiger partial charge in [-0.05, 0) is 45.7 Å². The second-order valence-electron chi connectivity index (χ2n) is 10.1. The van der Waals surface area contributed by atoms with Gasteiger partial charge in [0, 0.05) is 24.0 Å². The van der Waals surface area contributed by atoms with Gasteiger partial charge in [0.2, 0.25) is 11.7 Å². The van der Waals surface area contributed by atoms with Crippen LogP contribution in [0.1, 0.15) is 55.7 Å². The number of amides is 1. The van der Waals surface area contributed by atoms with Crippen molar-refractivity contribution in [1.29, 1.82) is 0 Å². The molecule has 3 saturated heterocycles. The largest absolute Gasteiger partial charge is 0.474 e. The van der Waals surface area contributed by atoms with Crippen LogP contribution in [0.2, 0.25) is 0 Å². The number of hydrogen-bond acceptors (Lipinski definition) is 7. The van der Waals surface area contributed by atoms with Crippen LogP contribution < -0.4 is 15.6 Å². The molecule has 1 amide bonds. The third kappa shape index (κ3) is 3.32. The fourth-order valence-electron chi connectivity index (χ4n) is 5.25. The van der Waals surface area contributed by atoms with Crippen LogP contribution >= 0.6 is 0 Å². The Morgan fingerprint density at radius 1 is 1.26 bits per heavy atom. The Hall–Kier alpha value is -3.24. The molecule has 10 nitrogen and oxygen atoms in total. The molecule has 3 aromatic heterocycles. The standard InChI is InChI=1S/C24H27N5O5/c1-14(2)34-20-16(19(30)25-17-5-4-6-29(21(17)31)15-9-32-10-15)7-28-8-18(26-22(28)27-20)24-11-23(3,12-24)33-13-24/h4-8,14-15H,9-13H2,1-3H3,(H,25,30). The van der Waals surface area contributed by atoms with E-state index in [2.05, 4.69) is 17.2 Å². The monoisotopic (exact) mass is 465 g/mol. The minimum absolute atomic E-state index is 0.0149. The third-order valence-corrected chi connectivity index (χ3v) is 6.91. The number of carbonyl (C=O) groups is 1. The van der Waals surface area contributed by atoms with Crippen LogP contribution in [0.5, 0.6) is 5.88 Å². The minimum atomic E-state index is -0.474. The van der Waals surface area contributed by atoms with Crippen LogP contribution in [0.25, 0.3) is 5.78 Å². The summed E-state index contributed by atoms with van der Waals surface area (Å²) in [4.78, 5) is 35.5. The molecule has 3 aliphatic heterocycles. The van der Waals surface area contributed by atoms with Crippen molar-refractivity contribution in [2.45, 2.75) is 56.8 Å². The van der Waals surface area contributed by atoms with Gasteiger partial charge in [-0.1, -0.05) is 0 Å². The zero-order valence-corrected chi connectivity index (χ0v) is 19.4. The molecule has 6 heterocycles. The first kappa shape index (κ1) is 21.3. The fraction of sp³-hybridized carbons (Fsp3) is 0.500. The number of anilines is 1. The highest BCUT2D eigenvalue weighted by Gasteiger charge is 2.61. The zero-order valence-electron chi connectivity index (χ0n) is 19.4. The fourth-order valence-corrected chi connectivity index (χ4v) is 5.25. The summed E-state index contributed by atoms with van der Waals surface area (Å²) in [7, 11) is 0. The molecular formula is C24H27N5O5. The first-order chi connectivity index (χ1) is 16.3. The molecule has 0 unspecified atom stereocenters. The van der Waals surface area contributed by atoms with E-state index in [1.807, 2.05) is 20.0 Å². The molecule has 4 aliphatic rings. The molecule has 34 heavy (non-hydrogen) atoms. The molecule has 0 atom stereocenters. The number of hydrogen-bond donors (Lipinski definition) is 1. The first-order valence-corrected chi connectivity index (χ1v) is 11.6. The Labute approximate surface area is 195 Å². The summed E-state index contributed by atoms with van der Waals surface area (Å²) in [6, 6.07) is 3.31. The molecule has 7 rings (SSSR count). The minimum Gasteiger partial charge on any atom is -0.474 e. The summed E-state index contributed by atoms with van der Waals surface area (Å²) < 4.78 is 20.3. The lowest BCUT2D eigenvalue weighted by Gasteiger charge is -2.41. The molecule has 1 aliphatic carbocycles. The number of aromatic nitrogens is 4. The molecule has 3 aromatic rings. The van der Waals surface area contributed by atoms with Gasteiger partial charge in [-0.3, -0.25) is 14.0 Å². The summed E-state index contributed by atoms with van der Waals surface area (Å²) in [5, 5.41) is 2.74. The molecule has 178 valence electrons. The van der Waals surface area contributed by atoms with Crippen molar-refractivity contribution in [1.82, 2.24) is 18.9 Å². The smallest absolute Gasteiger partial charge is 0.274 e. The van der Waals surface area contributed by atoms with Crippen molar-refractivity contribution in [3.63, 3.8) is 0 Å². The van der Waals surface area contributed by atoms with E-state index in [1.54, 1.807) is 33.5 Å². The van der Waals surface area contributed by atoms with Crippen molar-refractivity contribution in [3.8, 4) is 5.88 Å². The molecule has 0 aromatic carbocycles. The van der Waals surface area contributed by atoms with Gasteiger partial charge in [0.05, 0.1) is 43.3 Å². The summed E-state index contributed by atoms with van der Waals surface area (Å²) in [5.41, 5.74) is 0.903. The average Bonchev–Trinajstić information content (AvgIpc) is 3.39. The highest BCUT2D eigenvalue weighted by atomic mass is 16.5. The Morgan fingerprint density at radius 2 is 2.06 bits per heavy atom. The molecular weight excluding hydrogens is 438 g/mol. The number of ether oxygens (including phenoxy) is 3. The Balaban J connectivity index is 1.35. The second kappa shape index (κ2) is 7.38. The predicted octanol–water partition coefficient (Wildman–Crippen LogP) is 2.32. The summed E-state index contributed by atoms with van der Waals surface area (Å²) in [6.07, 6.45) is 6.95. The quantitative estimate of drug-likeness (QED) is 0.595. The molecule has 2 bridgehead atoms. The Morgan fingerprint density at radius 3 is 2.71 bits per heavy atom. The average molecular weight is 466 g/mol. The maximum Gasteiger partial charge on any atom is 0.274 e. The highest BCUT2D eigenvalue weighted by Crippen LogP contribution is 2.58. The number of nitrogens with zero attached hydrogens (tertiary/aromatic N) is 4. The van der Waals surface area contributed by atoms with Gasteiger partial charge < -0.3 is 24.1 Å². The van der Waals surface area contributed by atoms with Gasteiger partial charge in [0.1, 0.15) is 11.3 Å². The second-order valence-corrected chi connectivity index (χ2v) is 10.1. The number of nitrogens with one attached hydrogen (secondary N) is 1. The molecule has 10 heteroatoms. The van der Waals surface area contributed by atoms with E-state index >= 15 is 0 Å². The van der Waals surface area contributed by atoms with Crippen LogP contribution in [0, 0.1) is 0 Å². The lowest BCUT2D eigenvalue weighted by atomic mass is 9.62. The maximum absolute atomic E-state index is 13.3. The lowest BCUT2D eigenvalue weighted by Crippen LogP contribution is -2.45. The van der Waals surface area contributed by atoms with Crippen molar-refractivity contribution < 1.29 is 19.0 Å². The summed E-state index contributed by atoms with van der Waals surface area (Å²) in [5.74, 6) is 0.169. The van der Waals surface area contributed by atoms with Crippen molar-refractivity contribution >= 4 is 17.4 Å². The number of rotatable bonds is 6. The van der Waals surface area contributed by atoms with E-state index in [9.17, 15) is 9.59 Å². The van der Waals surface area contributed by atoms with Crippen molar-refractivity contribution in [2.24, 2.45) is 0 Å². The van der Waals surface area contributed by atoms with Crippen LogP contribution in [-0.2, 0) is 14.9 Å². The number of imidazole rings is 1. The van der Waals surface area contributed by atoms with Gasteiger partial charge in [0.25, 0.3) is 11.5 Å². The topological polar surface area (TPSA) is 109 Å². The van der Waals surface area contributed by atoms with E-state index < -0.39 is 5.91 Å². The lowest BCUT2D eigenvalue weighted by molar-refractivity contribution is -0.0247. The van der Waals surface area contributed by atoms with E-state index in [0.717, 1.165) is 18.5 Å². The predicted molar refractivity (Wildman–Crippen MR) is 123 cm³/mol. The van der Waals surface area contributed by atoms with E-state index in [-0.39, 0.29) is 45.9 Å². The molecule has 4 fully saturated rings. The summed E-state index contributed by atoms with van der Waals surface area (Å²) >= 11 is 0. The van der Waals surface area contributed by atoms with Crippen LogP contribution in [0.3, 0.4) is 0 Å². The molecule has 0 radical (unpaired) electrons. The van der Waals surface area contributed by atoms with Gasteiger partial charge in [0.15, 0.2) is 0 Å². The highest BCUT2D eigenvalue weighted by molar-refractivity contribution is 6.05. The van der Waals surface area contributed by atoms with Gasteiger partial charge in [-0.25, -0.2) is 4.98 Å². The van der Waals surface area contributed by atoms with Crippen LogP contribution in [0.4, 0.5) is 5.69 Å². The Kier molecular flexibility index (Phi) is 4.62. The van der Waals surface area contributed by atoms with Gasteiger partial charge in [-0.2, -0.15) is 4.98 Å². The van der Waals surface area contributed by atoms with Crippen LogP contribution in [-0.4, -0.2) is 56.4 Å².